The predicted octanol–water partition coefficient (Wildman–Crippen LogP) is -2.21. The third kappa shape index (κ3) is 7.51. The van der Waals surface area contributed by atoms with Crippen LogP contribution in [0.15, 0.2) is 0 Å². The summed E-state index contributed by atoms with van der Waals surface area (Å²) >= 11 is 0. The minimum absolute atomic E-state index is 0.0828. The van der Waals surface area contributed by atoms with Crippen molar-refractivity contribution in [3.8, 4) is 0 Å². The Bertz CT molecular complexity index is 164. The first kappa shape index (κ1) is 12.9. The van der Waals surface area contributed by atoms with Crippen LogP contribution < -0.4 is 21.7 Å². The lowest BCUT2D eigenvalue weighted by Crippen LogP contribution is -2.38. The quantitative estimate of drug-likeness (QED) is 0.352. The maximum atomic E-state index is 10.9. The van der Waals surface area contributed by atoms with Gasteiger partial charge in [-0.1, -0.05) is 0 Å². The lowest BCUT2D eigenvalue weighted by Gasteiger charge is -2.05. The topological polar surface area (TPSA) is 96.2 Å². The highest BCUT2D eigenvalue weighted by Crippen LogP contribution is 1.73. The Hall–Kier alpha value is -1.14. The van der Waals surface area contributed by atoms with Crippen molar-refractivity contribution >= 4 is 11.8 Å². The first-order valence-corrected chi connectivity index (χ1v) is 4.58. The summed E-state index contributed by atoms with van der Waals surface area (Å²) in [6, 6.07) is 0. The van der Waals surface area contributed by atoms with Crippen molar-refractivity contribution < 1.29 is 9.59 Å². The van der Waals surface area contributed by atoms with Crippen molar-refractivity contribution in [3.63, 3.8) is 0 Å². The highest BCUT2D eigenvalue weighted by atomic mass is 16.2. The molecule has 0 aromatic heterocycles. The van der Waals surface area contributed by atoms with Crippen molar-refractivity contribution in [2.75, 3.05) is 33.2 Å². The lowest BCUT2D eigenvalue weighted by molar-refractivity contribution is -0.122. The van der Waals surface area contributed by atoms with Crippen molar-refractivity contribution in [1.29, 1.82) is 0 Å². The first-order chi connectivity index (χ1) is 6.70. The zero-order chi connectivity index (χ0) is 10.8. The summed E-state index contributed by atoms with van der Waals surface area (Å²) < 4.78 is 0. The Labute approximate surface area is 83.6 Å². The highest BCUT2D eigenvalue weighted by molar-refractivity contribution is 5.78. The molecule has 0 aromatic carbocycles. The molecule has 0 unspecified atom stereocenters. The number of hydrogen-bond acceptors (Lipinski definition) is 4. The molecule has 82 valence electrons. The first-order valence-electron chi connectivity index (χ1n) is 4.58. The molecule has 14 heavy (non-hydrogen) atoms. The summed E-state index contributed by atoms with van der Waals surface area (Å²) in [7, 11) is 1.70. The van der Waals surface area contributed by atoms with Crippen LogP contribution in [0.5, 0.6) is 0 Å². The van der Waals surface area contributed by atoms with Gasteiger partial charge in [-0.15, -0.1) is 0 Å². The van der Waals surface area contributed by atoms with E-state index < -0.39 is 0 Å². The van der Waals surface area contributed by atoms with E-state index in [9.17, 15) is 9.59 Å². The second kappa shape index (κ2) is 8.46. The molecule has 0 aliphatic heterocycles. The molecule has 0 atom stereocenters. The van der Waals surface area contributed by atoms with E-state index in [1.165, 1.54) is 0 Å². The normalized spacial score (nSPS) is 9.57. The summed E-state index contributed by atoms with van der Waals surface area (Å²) in [5.41, 5.74) is 5.18. The zero-order valence-electron chi connectivity index (χ0n) is 8.43. The summed E-state index contributed by atoms with van der Waals surface area (Å²) in [5.74, 6) is -0.170. The fourth-order valence-electron chi connectivity index (χ4n) is 0.846. The average molecular weight is 202 g/mol. The van der Waals surface area contributed by atoms with Gasteiger partial charge in [-0.3, -0.25) is 9.59 Å². The van der Waals surface area contributed by atoms with Gasteiger partial charge in [-0.2, -0.15) is 0 Å². The van der Waals surface area contributed by atoms with Gasteiger partial charge in [0.25, 0.3) is 0 Å². The van der Waals surface area contributed by atoms with E-state index in [0.717, 1.165) is 0 Å². The number of amides is 2. The molecule has 0 rings (SSSR count). The van der Waals surface area contributed by atoms with Crippen LogP contribution >= 0.6 is 0 Å². The number of hydrogen-bond donors (Lipinski definition) is 4. The molecule has 2 amide bonds. The van der Waals surface area contributed by atoms with Gasteiger partial charge < -0.3 is 21.7 Å². The van der Waals surface area contributed by atoms with Gasteiger partial charge in [0, 0.05) is 26.1 Å². The summed E-state index contributed by atoms with van der Waals surface area (Å²) in [4.78, 5) is 21.8. The van der Waals surface area contributed by atoms with Crippen LogP contribution in [0.4, 0.5) is 0 Å². The Morgan fingerprint density at radius 3 is 2.21 bits per heavy atom. The van der Waals surface area contributed by atoms with Crippen molar-refractivity contribution in [1.82, 2.24) is 16.0 Å². The summed E-state index contributed by atoms with van der Waals surface area (Å²) in [6.07, 6.45) is 0.324. The fraction of sp³-hybridized carbons (Fsp3) is 0.750. The Kier molecular flexibility index (Phi) is 7.77. The van der Waals surface area contributed by atoms with Crippen molar-refractivity contribution in [2.24, 2.45) is 5.73 Å². The van der Waals surface area contributed by atoms with Crippen molar-refractivity contribution in [2.45, 2.75) is 6.42 Å². The molecule has 0 radical (unpaired) electrons. The second-order valence-corrected chi connectivity index (χ2v) is 2.77. The third-order valence-corrected chi connectivity index (χ3v) is 1.48. The Balaban J connectivity index is 3.28. The standard InChI is InChI=1S/C8H18N4O2/c1-10-6-8(14)12-5-4-11-7(13)2-3-9/h10H,2-6,9H2,1H3,(H,11,13)(H,12,14). The van der Waals surface area contributed by atoms with Gasteiger partial charge in [0.05, 0.1) is 6.54 Å². The molecule has 6 nitrogen and oxygen atoms in total. The van der Waals surface area contributed by atoms with Gasteiger partial charge in [0.2, 0.25) is 11.8 Å². The van der Waals surface area contributed by atoms with Gasteiger partial charge in [-0.25, -0.2) is 0 Å². The van der Waals surface area contributed by atoms with E-state index in [0.29, 0.717) is 26.1 Å². The largest absolute Gasteiger partial charge is 0.354 e. The molecule has 0 saturated carbocycles. The second-order valence-electron chi connectivity index (χ2n) is 2.77. The molecule has 0 aromatic rings. The van der Waals surface area contributed by atoms with Crippen LogP contribution in [-0.2, 0) is 9.59 Å². The SMILES string of the molecule is CNCC(=O)NCCNC(=O)CCN. The van der Waals surface area contributed by atoms with Gasteiger partial charge in [-0.05, 0) is 7.05 Å². The van der Waals surface area contributed by atoms with E-state index in [-0.39, 0.29) is 18.4 Å². The summed E-state index contributed by atoms with van der Waals surface area (Å²) in [6.45, 7) is 1.51. The number of carbonyl (C=O) groups excluding carboxylic acids is 2. The smallest absolute Gasteiger partial charge is 0.234 e. The number of carbonyl (C=O) groups is 2. The highest BCUT2D eigenvalue weighted by Gasteiger charge is 1.99. The van der Waals surface area contributed by atoms with Gasteiger partial charge in [0.1, 0.15) is 0 Å². The van der Waals surface area contributed by atoms with Crippen molar-refractivity contribution in [3.05, 3.63) is 0 Å². The molecule has 0 heterocycles. The Morgan fingerprint density at radius 1 is 1.14 bits per heavy atom. The van der Waals surface area contributed by atoms with E-state index in [2.05, 4.69) is 16.0 Å². The molecule has 0 saturated heterocycles. The van der Waals surface area contributed by atoms with Gasteiger partial charge in [0.15, 0.2) is 0 Å². The maximum Gasteiger partial charge on any atom is 0.234 e. The molecule has 0 fully saturated rings. The van der Waals surface area contributed by atoms with Crippen LogP contribution in [-0.4, -0.2) is 45.0 Å². The lowest BCUT2D eigenvalue weighted by atomic mass is 10.4. The van der Waals surface area contributed by atoms with E-state index >= 15 is 0 Å². The molecular formula is C8H18N4O2. The van der Waals surface area contributed by atoms with Crippen LogP contribution in [0.1, 0.15) is 6.42 Å². The van der Waals surface area contributed by atoms with E-state index in [1.807, 2.05) is 0 Å². The minimum atomic E-state index is -0.0876. The van der Waals surface area contributed by atoms with E-state index in [1.54, 1.807) is 7.05 Å². The monoisotopic (exact) mass is 202 g/mol. The molecule has 0 aliphatic rings. The maximum absolute atomic E-state index is 10.9. The Morgan fingerprint density at radius 2 is 1.71 bits per heavy atom. The van der Waals surface area contributed by atoms with Gasteiger partial charge >= 0.3 is 0 Å². The molecule has 5 N–H and O–H groups in total. The van der Waals surface area contributed by atoms with E-state index in [4.69, 9.17) is 5.73 Å². The number of likely N-dealkylation sites (N-methyl/N-ethyl adjacent to an activating group) is 1. The molecule has 0 aliphatic carbocycles. The summed E-state index contributed by atoms with van der Waals surface area (Å²) in [5, 5.41) is 7.98. The van der Waals surface area contributed by atoms with Crippen LogP contribution in [0, 0.1) is 0 Å². The fourth-order valence-corrected chi connectivity index (χ4v) is 0.846. The minimum Gasteiger partial charge on any atom is -0.354 e. The number of nitrogens with one attached hydrogen (secondary N) is 3. The number of nitrogens with two attached hydrogens (primary N) is 1. The van der Waals surface area contributed by atoms with Crippen LogP contribution in [0.2, 0.25) is 0 Å². The third-order valence-electron chi connectivity index (χ3n) is 1.48. The molecule has 0 spiro atoms. The average Bonchev–Trinajstić information content (AvgIpc) is 2.13. The molecular weight excluding hydrogens is 184 g/mol. The molecule has 0 bridgehead atoms. The van der Waals surface area contributed by atoms with Crippen LogP contribution in [0.3, 0.4) is 0 Å². The zero-order valence-corrected chi connectivity index (χ0v) is 8.43. The van der Waals surface area contributed by atoms with Crippen LogP contribution in [0.25, 0.3) is 0 Å². The predicted molar refractivity (Wildman–Crippen MR) is 53.6 cm³/mol. The molecule has 6 heteroatoms. The number of rotatable bonds is 7.